The molecule has 1 aromatic heterocycles. The van der Waals surface area contributed by atoms with Crippen molar-refractivity contribution in [2.24, 2.45) is 0 Å². The summed E-state index contributed by atoms with van der Waals surface area (Å²) in [6.07, 6.45) is 0.213. The Hall–Kier alpha value is -3.41. The van der Waals surface area contributed by atoms with E-state index < -0.39 is 0 Å². The fraction of sp³-hybridized carbons (Fsp3) is 0.227. The second kappa shape index (κ2) is 7.31. The average molecular weight is 375 g/mol. The average Bonchev–Trinajstić information content (AvgIpc) is 2.66. The van der Waals surface area contributed by atoms with Crippen molar-refractivity contribution in [2.75, 3.05) is 5.32 Å². The first kappa shape index (κ1) is 18.0. The molecule has 1 amide bonds. The molecule has 0 saturated heterocycles. The Morgan fingerprint density at radius 1 is 1.07 bits per heavy atom. The first-order chi connectivity index (χ1) is 13.5. The lowest BCUT2D eigenvalue weighted by atomic mass is 9.87. The predicted octanol–water partition coefficient (Wildman–Crippen LogP) is 3.44. The Morgan fingerprint density at radius 2 is 1.82 bits per heavy atom. The topological polar surface area (TPSA) is 84.1 Å². The van der Waals surface area contributed by atoms with Crippen LogP contribution in [0, 0.1) is 13.8 Å². The lowest BCUT2D eigenvalue weighted by molar-refractivity contribution is -0.116. The van der Waals surface area contributed by atoms with Crippen LogP contribution in [0.2, 0.25) is 0 Å². The van der Waals surface area contributed by atoms with Crippen LogP contribution in [0.1, 0.15) is 40.4 Å². The van der Waals surface area contributed by atoms with Crippen LogP contribution in [0.4, 0.5) is 5.82 Å². The van der Waals surface area contributed by atoms with Crippen LogP contribution in [-0.4, -0.2) is 15.9 Å². The van der Waals surface area contributed by atoms with Crippen LogP contribution in [0.3, 0.4) is 0 Å². The molecule has 6 nitrogen and oxygen atoms in total. The van der Waals surface area contributed by atoms with Gasteiger partial charge in [0.1, 0.15) is 24.0 Å². The first-order valence-corrected chi connectivity index (χ1v) is 9.19. The largest absolute Gasteiger partial charge is 0.489 e. The minimum atomic E-state index is -0.328. The van der Waals surface area contributed by atoms with Gasteiger partial charge in [-0.3, -0.25) is 9.59 Å². The summed E-state index contributed by atoms with van der Waals surface area (Å²) >= 11 is 0. The molecule has 0 aliphatic carbocycles. The van der Waals surface area contributed by atoms with Crippen LogP contribution < -0.4 is 15.6 Å². The molecule has 4 rings (SSSR count). The van der Waals surface area contributed by atoms with Gasteiger partial charge in [-0.1, -0.05) is 36.4 Å². The van der Waals surface area contributed by atoms with E-state index in [1.54, 1.807) is 6.92 Å². The number of hydrogen-bond acceptors (Lipinski definition) is 4. The van der Waals surface area contributed by atoms with E-state index in [0.717, 1.165) is 16.9 Å². The van der Waals surface area contributed by atoms with Gasteiger partial charge in [-0.25, -0.2) is 4.98 Å². The maximum absolute atomic E-state index is 12.5. The maximum Gasteiger partial charge on any atom is 0.256 e. The Labute approximate surface area is 162 Å². The van der Waals surface area contributed by atoms with Crippen LogP contribution in [-0.2, 0) is 11.4 Å². The number of hydrogen-bond donors (Lipinski definition) is 2. The van der Waals surface area contributed by atoms with E-state index in [0.29, 0.717) is 23.8 Å². The van der Waals surface area contributed by atoms with E-state index in [2.05, 4.69) is 28.3 Å². The summed E-state index contributed by atoms with van der Waals surface area (Å²) in [5.74, 6) is 1.09. The number of nitrogens with one attached hydrogen (secondary N) is 2. The van der Waals surface area contributed by atoms with Crippen LogP contribution in [0.25, 0.3) is 0 Å². The molecular weight excluding hydrogens is 354 g/mol. The van der Waals surface area contributed by atoms with Gasteiger partial charge in [0.25, 0.3) is 5.56 Å². The van der Waals surface area contributed by atoms with Gasteiger partial charge in [0, 0.05) is 12.3 Å². The molecule has 1 aliphatic heterocycles. The smallest absolute Gasteiger partial charge is 0.256 e. The summed E-state index contributed by atoms with van der Waals surface area (Å²) in [5.41, 5.74) is 3.49. The normalized spacial score (nSPS) is 15.6. The van der Waals surface area contributed by atoms with E-state index in [-0.39, 0.29) is 23.8 Å². The molecular formula is C22H21N3O3. The number of fused-ring (bicyclic) bond motifs is 1. The molecule has 2 heterocycles. The zero-order chi connectivity index (χ0) is 19.7. The second-order valence-corrected chi connectivity index (χ2v) is 7.00. The third-order valence-corrected chi connectivity index (χ3v) is 5.01. The number of rotatable bonds is 4. The predicted molar refractivity (Wildman–Crippen MR) is 107 cm³/mol. The molecule has 0 fully saturated rings. The minimum Gasteiger partial charge on any atom is -0.489 e. The summed E-state index contributed by atoms with van der Waals surface area (Å²) in [5, 5.41) is 2.70. The fourth-order valence-electron chi connectivity index (χ4n) is 3.50. The molecule has 28 heavy (non-hydrogen) atoms. The van der Waals surface area contributed by atoms with Crippen molar-refractivity contribution in [3.8, 4) is 5.75 Å². The molecule has 0 bridgehead atoms. The highest BCUT2D eigenvalue weighted by molar-refractivity contribution is 5.94. The summed E-state index contributed by atoms with van der Waals surface area (Å²) in [4.78, 5) is 31.6. The van der Waals surface area contributed by atoms with Gasteiger partial charge < -0.3 is 15.0 Å². The molecule has 0 radical (unpaired) electrons. The van der Waals surface area contributed by atoms with Crippen molar-refractivity contribution in [3.05, 3.63) is 87.0 Å². The van der Waals surface area contributed by atoms with Gasteiger partial charge in [0.05, 0.1) is 5.56 Å². The third kappa shape index (κ3) is 3.53. The van der Waals surface area contributed by atoms with E-state index in [9.17, 15) is 9.59 Å². The van der Waals surface area contributed by atoms with Gasteiger partial charge in [-0.15, -0.1) is 0 Å². The molecule has 2 aromatic carbocycles. The SMILES string of the molecule is Cc1nc2c(c(=O)[nH]1)[C@@H](c1ccc(OCc3ccccc3C)cc1)CC(=O)N2. The van der Waals surface area contributed by atoms with Gasteiger partial charge in [0.2, 0.25) is 5.91 Å². The minimum absolute atomic E-state index is 0.144. The lowest BCUT2D eigenvalue weighted by Crippen LogP contribution is -2.31. The van der Waals surface area contributed by atoms with Crippen molar-refractivity contribution in [3.63, 3.8) is 0 Å². The van der Waals surface area contributed by atoms with Crippen molar-refractivity contribution in [1.82, 2.24) is 9.97 Å². The number of carbonyl (C=O) groups excluding carboxylic acids is 1. The quantitative estimate of drug-likeness (QED) is 0.732. The number of aromatic amines is 1. The zero-order valence-electron chi connectivity index (χ0n) is 15.8. The van der Waals surface area contributed by atoms with Gasteiger partial charge >= 0.3 is 0 Å². The standard InChI is InChI=1S/C22H21N3O3/c1-13-5-3-4-6-16(13)12-28-17-9-7-15(8-10-17)18-11-19(26)25-21-20(18)22(27)24-14(2)23-21/h3-10,18H,11-12H2,1-2H3,(H2,23,24,25,26,27)/t18-/m1/s1. The van der Waals surface area contributed by atoms with E-state index in [4.69, 9.17) is 4.74 Å². The molecule has 0 unspecified atom stereocenters. The van der Waals surface area contributed by atoms with Crippen LogP contribution >= 0.6 is 0 Å². The van der Waals surface area contributed by atoms with Gasteiger partial charge in [0.15, 0.2) is 0 Å². The van der Waals surface area contributed by atoms with Crippen LogP contribution in [0.5, 0.6) is 5.75 Å². The number of H-pyrrole nitrogens is 1. The summed E-state index contributed by atoms with van der Waals surface area (Å²) < 4.78 is 5.89. The zero-order valence-corrected chi connectivity index (χ0v) is 15.8. The number of carbonyl (C=O) groups is 1. The molecule has 1 atom stereocenters. The molecule has 0 spiro atoms. The summed E-state index contributed by atoms with van der Waals surface area (Å²) in [6, 6.07) is 15.6. The number of amides is 1. The monoisotopic (exact) mass is 375 g/mol. The van der Waals surface area contributed by atoms with Gasteiger partial charge in [-0.2, -0.15) is 0 Å². The highest BCUT2D eigenvalue weighted by Crippen LogP contribution is 2.34. The number of aromatic nitrogens is 2. The Kier molecular flexibility index (Phi) is 4.69. The highest BCUT2D eigenvalue weighted by Gasteiger charge is 2.30. The van der Waals surface area contributed by atoms with Crippen molar-refractivity contribution in [1.29, 1.82) is 0 Å². The first-order valence-electron chi connectivity index (χ1n) is 9.19. The number of ether oxygens (including phenoxy) is 1. The Balaban J connectivity index is 1.57. The maximum atomic E-state index is 12.5. The lowest BCUT2D eigenvalue weighted by Gasteiger charge is -2.24. The fourth-order valence-corrected chi connectivity index (χ4v) is 3.50. The summed E-state index contributed by atoms with van der Waals surface area (Å²) in [6.45, 7) is 4.24. The van der Waals surface area contributed by atoms with E-state index >= 15 is 0 Å². The third-order valence-electron chi connectivity index (χ3n) is 5.01. The molecule has 6 heteroatoms. The molecule has 3 aromatic rings. The number of nitrogens with zero attached hydrogens (tertiary/aromatic N) is 1. The second-order valence-electron chi connectivity index (χ2n) is 7.00. The molecule has 0 saturated carbocycles. The Bertz CT molecular complexity index is 1090. The van der Waals surface area contributed by atoms with E-state index in [1.165, 1.54) is 5.56 Å². The molecule has 142 valence electrons. The summed E-state index contributed by atoms with van der Waals surface area (Å²) in [7, 11) is 0. The Morgan fingerprint density at radius 3 is 2.57 bits per heavy atom. The van der Waals surface area contributed by atoms with Crippen molar-refractivity contribution < 1.29 is 9.53 Å². The number of anilines is 1. The number of aryl methyl sites for hydroxylation is 2. The number of benzene rings is 2. The van der Waals surface area contributed by atoms with E-state index in [1.807, 2.05) is 42.5 Å². The molecule has 2 N–H and O–H groups in total. The van der Waals surface area contributed by atoms with Gasteiger partial charge in [-0.05, 0) is 42.7 Å². The van der Waals surface area contributed by atoms with Crippen molar-refractivity contribution in [2.45, 2.75) is 32.8 Å². The molecule has 1 aliphatic rings. The van der Waals surface area contributed by atoms with Crippen LogP contribution in [0.15, 0.2) is 53.3 Å². The van der Waals surface area contributed by atoms with Crippen molar-refractivity contribution >= 4 is 11.7 Å². The highest BCUT2D eigenvalue weighted by atomic mass is 16.5.